The van der Waals surface area contributed by atoms with Crippen LogP contribution in [0.1, 0.15) is 46.0 Å². The minimum atomic E-state index is -0.613. The van der Waals surface area contributed by atoms with Crippen LogP contribution in [0.2, 0.25) is 0 Å². The van der Waals surface area contributed by atoms with E-state index in [4.69, 9.17) is 9.47 Å². The topological polar surface area (TPSA) is 62.2 Å². The minimum Gasteiger partial charge on any atom is -0.465 e. The molecule has 1 N–H and O–H groups in total. The Morgan fingerprint density at radius 1 is 1.14 bits per heavy atom. The molecule has 1 aromatic carbocycles. The van der Waals surface area contributed by atoms with Gasteiger partial charge in [0.1, 0.15) is 17.0 Å². The summed E-state index contributed by atoms with van der Waals surface area (Å²) in [5.41, 5.74) is -0.213. The van der Waals surface area contributed by atoms with Crippen molar-refractivity contribution >= 4 is 11.6 Å². The summed E-state index contributed by atoms with van der Waals surface area (Å²) in [5, 5.41) is 15.0. The van der Waals surface area contributed by atoms with Gasteiger partial charge in [0.05, 0.1) is 11.6 Å². The van der Waals surface area contributed by atoms with Gasteiger partial charge in [-0.2, -0.15) is 0 Å². The minimum absolute atomic E-state index is 0.165. The highest BCUT2D eigenvalue weighted by molar-refractivity contribution is 5.98. The van der Waals surface area contributed by atoms with Crippen molar-refractivity contribution in [3.05, 3.63) is 24.3 Å². The molecule has 4 aliphatic carbocycles. The number of carbonyl (C=O) groups is 1. The fourth-order valence-corrected chi connectivity index (χ4v) is 6.60. The number of hydrazine groups is 1. The Morgan fingerprint density at radius 3 is 2.46 bits per heavy atom. The molecule has 1 aromatic rings. The second-order valence-corrected chi connectivity index (χ2v) is 9.72. The molecular formula is C22H30N2O4. The van der Waals surface area contributed by atoms with Crippen molar-refractivity contribution in [1.29, 1.82) is 0 Å². The van der Waals surface area contributed by atoms with Crippen LogP contribution in [0.15, 0.2) is 24.3 Å². The molecule has 0 radical (unpaired) electrons. The lowest BCUT2D eigenvalue weighted by Gasteiger charge is -2.67. The van der Waals surface area contributed by atoms with Crippen molar-refractivity contribution in [1.82, 2.24) is 5.01 Å². The predicted molar refractivity (Wildman–Crippen MR) is 105 cm³/mol. The lowest BCUT2D eigenvalue weighted by Crippen LogP contribution is -2.81. The first-order chi connectivity index (χ1) is 13.3. The molecule has 152 valence electrons. The standard InChI is InChI=1S/C22H30N2O4/c1-21(2)20(25)23(24(21)17-6-4-5-7-18(17)28-13-27-3)19-15-8-14-9-16(19)12-22(26,10-14)11-15/h4-7,14-16,19,26H,8-13H2,1-3H3/t14?,15?,16?,19-,22-. The number of para-hydroxylation sites is 2. The molecular weight excluding hydrogens is 356 g/mol. The number of amides is 1. The maximum absolute atomic E-state index is 13.3. The molecule has 1 saturated heterocycles. The lowest BCUT2D eigenvalue weighted by molar-refractivity contribution is -0.190. The van der Waals surface area contributed by atoms with Crippen LogP contribution in [0.4, 0.5) is 5.69 Å². The van der Waals surface area contributed by atoms with E-state index in [1.165, 1.54) is 0 Å². The SMILES string of the molecule is COCOc1ccccc1N1N([C@H]2C3CC4CC2C[C@](O)(C4)C3)C(=O)C1(C)C. The van der Waals surface area contributed by atoms with Gasteiger partial charge in [0.15, 0.2) is 6.79 Å². The second kappa shape index (κ2) is 6.10. The van der Waals surface area contributed by atoms with Gasteiger partial charge in [0.25, 0.3) is 5.91 Å². The Labute approximate surface area is 166 Å². The Balaban J connectivity index is 1.50. The number of anilines is 1. The summed E-state index contributed by atoms with van der Waals surface area (Å²) in [4.78, 5) is 13.3. The number of aliphatic hydroxyl groups is 1. The zero-order valence-electron chi connectivity index (χ0n) is 16.9. The first kappa shape index (κ1) is 18.3. The van der Waals surface area contributed by atoms with Crippen LogP contribution in [0.3, 0.4) is 0 Å². The maximum Gasteiger partial charge on any atom is 0.268 e. The Morgan fingerprint density at radius 2 is 1.82 bits per heavy atom. The van der Waals surface area contributed by atoms with E-state index in [-0.39, 0.29) is 18.7 Å². The van der Waals surface area contributed by atoms with Crippen LogP contribution in [0.25, 0.3) is 0 Å². The summed E-state index contributed by atoms with van der Waals surface area (Å²) in [7, 11) is 1.60. The van der Waals surface area contributed by atoms with Crippen molar-refractivity contribution < 1.29 is 19.4 Å². The van der Waals surface area contributed by atoms with Gasteiger partial charge in [-0.05, 0) is 75.8 Å². The van der Waals surface area contributed by atoms with Gasteiger partial charge in [0, 0.05) is 7.11 Å². The summed E-state index contributed by atoms with van der Waals surface area (Å²) < 4.78 is 10.9. The summed E-state index contributed by atoms with van der Waals surface area (Å²) in [6.07, 6.45) is 4.85. The summed E-state index contributed by atoms with van der Waals surface area (Å²) in [6, 6.07) is 8.02. The summed E-state index contributed by atoms with van der Waals surface area (Å²) in [6.45, 7) is 4.12. The van der Waals surface area contributed by atoms with Crippen LogP contribution in [-0.2, 0) is 9.53 Å². The summed E-state index contributed by atoms with van der Waals surface area (Å²) >= 11 is 0. The van der Waals surface area contributed by atoms with Crippen molar-refractivity contribution in [3.8, 4) is 5.75 Å². The fourth-order valence-electron chi connectivity index (χ4n) is 6.60. The maximum atomic E-state index is 13.3. The van der Waals surface area contributed by atoms with Crippen molar-refractivity contribution in [3.63, 3.8) is 0 Å². The first-order valence-corrected chi connectivity index (χ1v) is 10.4. The molecule has 1 amide bonds. The van der Waals surface area contributed by atoms with Crippen LogP contribution >= 0.6 is 0 Å². The van der Waals surface area contributed by atoms with E-state index >= 15 is 0 Å². The van der Waals surface area contributed by atoms with Gasteiger partial charge in [-0.3, -0.25) is 9.80 Å². The molecule has 2 atom stereocenters. The van der Waals surface area contributed by atoms with Gasteiger partial charge in [-0.25, -0.2) is 5.01 Å². The quantitative estimate of drug-likeness (QED) is 0.789. The zero-order valence-corrected chi connectivity index (χ0v) is 16.9. The largest absolute Gasteiger partial charge is 0.465 e. The van der Waals surface area contributed by atoms with E-state index in [1.807, 2.05) is 43.1 Å². The van der Waals surface area contributed by atoms with Gasteiger partial charge < -0.3 is 14.6 Å². The van der Waals surface area contributed by atoms with Crippen molar-refractivity contribution in [2.75, 3.05) is 18.9 Å². The number of methoxy groups -OCH3 is 1. The fraction of sp³-hybridized carbons (Fsp3) is 0.682. The van der Waals surface area contributed by atoms with E-state index in [2.05, 4.69) is 5.01 Å². The van der Waals surface area contributed by atoms with Gasteiger partial charge in [0.2, 0.25) is 0 Å². The van der Waals surface area contributed by atoms with E-state index in [1.54, 1.807) is 7.11 Å². The van der Waals surface area contributed by atoms with E-state index in [0.717, 1.165) is 43.5 Å². The van der Waals surface area contributed by atoms with E-state index in [9.17, 15) is 9.90 Å². The molecule has 6 rings (SSSR count). The second-order valence-electron chi connectivity index (χ2n) is 9.72. The highest BCUT2D eigenvalue weighted by Crippen LogP contribution is 2.59. The molecule has 5 aliphatic rings. The monoisotopic (exact) mass is 386 g/mol. The molecule has 2 unspecified atom stereocenters. The average Bonchev–Trinajstić information content (AvgIpc) is 2.64. The van der Waals surface area contributed by atoms with Crippen molar-refractivity contribution in [2.45, 2.75) is 63.1 Å². The van der Waals surface area contributed by atoms with Crippen LogP contribution < -0.4 is 9.75 Å². The Bertz CT molecular complexity index is 778. The van der Waals surface area contributed by atoms with E-state index < -0.39 is 11.1 Å². The number of rotatable bonds is 5. The molecule has 1 heterocycles. The molecule has 4 saturated carbocycles. The van der Waals surface area contributed by atoms with E-state index in [0.29, 0.717) is 17.8 Å². The molecule has 0 spiro atoms. The zero-order chi connectivity index (χ0) is 19.7. The van der Waals surface area contributed by atoms with Gasteiger partial charge in [-0.1, -0.05) is 12.1 Å². The third kappa shape index (κ3) is 2.50. The average molecular weight is 386 g/mol. The number of hydrogen-bond acceptors (Lipinski definition) is 5. The molecule has 0 aromatic heterocycles. The number of ether oxygens (including phenoxy) is 2. The third-order valence-corrected chi connectivity index (χ3v) is 7.38. The van der Waals surface area contributed by atoms with Gasteiger partial charge in [-0.15, -0.1) is 0 Å². The third-order valence-electron chi connectivity index (χ3n) is 7.38. The Hall–Kier alpha value is -1.79. The number of carbonyl (C=O) groups excluding carboxylic acids is 1. The Kier molecular flexibility index (Phi) is 3.98. The van der Waals surface area contributed by atoms with Crippen molar-refractivity contribution in [2.24, 2.45) is 17.8 Å². The lowest BCUT2D eigenvalue weighted by atomic mass is 9.52. The highest BCUT2D eigenvalue weighted by Gasteiger charge is 2.63. The van der Waals surface area contributed by atoms with Crippen LogP contribution in [0.5, 0.6) is 5.75 Å². The number of hydrogen-bond donors (Lipinski definition) is 1. The molecule has 4 bridgehead atoms. The molecule has 1 aliphatic heterocycles. The predicted octanol–water partition coefficient (Wildman–Crippen LogP) is 2.95. The molecule has 6 nitrogen and oxygen atoms in total. The van der Waals surface area contributed by atoms with Gasteiger partial charge >= 0.3 is 0 Å². The van der Waals surface area contributed by atoms with Crippen LogP contribution in [-0.4, -0.2) is 47.1 Å². The smallest absolute Gasteiger partial charge is 0.268 e. The molecule has 5 fully saturated rings. The number of nitrogens with zero attached hydrogens (tertiary/aromatic N) is 2. The first-order valence-electron chi connectivity index (χ1n) is 10.4. The molecule has 6 heteroatoms. The molecule has 28 heavy (non-hydrogen) atoms. The summed E-state index contributed by atoms with van der Waals surface area (Å²) in [5.74, 6) is 2.27. The number of benzene rings is 1. The van der Waals surface area contributed by atoms with Crippen LogP contribution in [0, 0.1) is 17.8 Å². The highest BCUT2D eigenvalue weighted by atomic mass is 16.7. The normalized spacial score (nSPS) is 37.9.